The number of nitrogens with zero attached hydrogens (tertiary/aromatic N) is 2. The van der Waals surface area contributed by atoms with Crippen LogP contribution in [-0.4, -0.2) is 57.1 Å². The van der Waals surface area contributed by atoms with Crippen molar-refractivity contribution in [3.8, 4) is 0 Å². The highest BCUT2D eigenvalue weighted by molar-refractivity contribution is 7.89. The van der Waals surface area contributed by atoms with Crippen molar-refractivity contribution >= 4 is 10.0 Å². The Labute approximate surface area is 131 Å². The minimum atomic E-state index is -3.18. The van der Waals surface area contributed by atoms with E-state index < -0.39 is 10.0 Å². The second-order valence-corrected chi connectivity index (χ2v) is 8.49. The van der Waals surface area contributed by atoms with Gasteiger partial charge in [-0.05, 0) is 13.8 Å². The Kier molecular flexibility index (Phi) is 4.28. The predicted molar refractivity (Wildman–Crippen MR) is 80.7 cm³/mol. The molecule has 0 unspecified atom stereocenters. The molecule has 2 aliphatic rings. The van der Waals surface area contributed by atoms with Gasteiger partial charge in [-0.1, -0.05) is 5.16 Å². The van der Waals surface area contributed by atoms with Gasteiger partial charge in [0.05, 0.1) is 24.7 Å². The molecule has 1 aromatic heterocycles. The maximum absolute atomic E-state index is 11.7. The molecule has 8 heteroatoms. The minimum Gasteiger partial charge on any atom is -0.380 e. The third-order valence-corrected chi connectivity index (χ3v) is 6.02. The van der Waals surface area contributed by atoms with Crippen LogP contribution in [0.5, 0.6) is 0 Å². The van der Waals surface area contributed by atoms with Gasteiger partial charge in [-0.15, -0.1) is 0 Å². The monoisotopic (exact) mass is 329 g/mol. The van der Waals surface area contributed by atoms with E-state index in [1.165, 1.54) is 0 Å². The number of sulfonamides is 1. The van der Waals surface area contributed by atoms with Crippen molar-refractivity contribution in [2.75, 3.05) is 38.6 Å². The van der Waals surface area contributed by atoms with Crippen LogP contribution >= 0.6 is 0 Å². The van der Waals surface area contributed by atoms with Crippen molar-refractivity contribution in [3.63, 3.8) is 0 Å². The summed E-state index contributed by atoms with van der Waals surface area (Å²) in [5, 5.41) is 4.03. The zero-order valence-corrected chi connectivity index (χ0v) is 13.9. The second-order valence-electron chi connectivity index (χ2n) is 6.40. The van der Waals surface area contributed by atoms with E-state index in [1.54, 1.807) is 6.92 Å². The maximum Gasteiger partial charge on any atom is 0.211 e. The average molecular weight is 329 g/mol. The topological polar surface area (TPSA) is 84.7 Å². The quantitative estimate of drug-likeness (QED) is 0.812. The Morgan fingerprint density at radius 2 is 2.36 bits per heavy atom. The summed E-state index contributed by atoms with van der Waals surface area (Å²) < 4.78 is 36.9. The van der Waals surface area contributed by atoms with Crippen LogP contribution < -0.4 is 4.72 Å². The van der Waals surface area contributed by atoms with Crippen LogP contribution in [0.1, 0.15) is 18.4 Å². The summed E-state index contributed by atoms with van der Waals surface area (Å²) >= 11 is 0. The lowest BCUT2D eigenvalue weighted by molar-refractivity contribution is 0.127. The van der Waals surface area contributed by atoms with Crippen LogP contribution in [0, 0.1) is 18.3 Å². The molecule has 0 aromatic carbocycles. The number of hydrogen-bond acceptors (Lipinski definition) is 6. The number of hydrogen-bond donors (Lipinski definition) is 1. The molecule has 124 valence electrons. The van der Waals surface area contributed by atoms with Gasteiger partial charge in [0.1, 0.15) is 5.76 Å². The zero-order valence-electron chi connectivity index (χ0n) is 13.0. The highest BCUT2D eigenvalue weighted by atomic mass is 32.2. The van der Waals surface area contributed by atoms with Crippen LogP contribution in [0.4, 0.5) is 0 Å². The third-order valence-electron chi connectivity index (χ3n) is 4.68. The lowest BCUT2D eigenvalue weighted by atomic mass is 9.81. The lowest BCUT2D eigenvalue weighted by Gasteiger charge is -2.27. The first-order valence-corrected chi connectivity index (χ1v) is 9.27. The van der Waals surface area contributed by atoms with Gasteiger partial charge in [0.25, 0.3) is 0 Å². The summed E-state index contributed by atoms with van der Waals surface area (Å²) in [4.78, 5) is 2.31. The molecule has 22 heavy (non-hydrogen) atoms. The van der Waals surface area contributed by atoms with Crippen molar-refractivity contribution in [3.05, 3.63) is 17.5 Å². The van der Waals surface area contributed by atoms with Gasteiger partial charge in [-0.25, -0.2) is 13.1 Å². The van der Waals surface area contributed by atoms with Crippen molar-refractivity contribution in [1.29, 1.82) is 0 Å². The van der Waals surface area contributed by atoms with Gasteiger partial charge in [0.15, 0.2) is 0 Å². The Balaban J connectivity index is 1.66. The molecule has 0 saturated carbocycles. The fourth-order valence-corrected chi connectivity index (χ4v) is 4.10. The number of ether oxygens (including phenoxy) is 1. The molecule has 1 N–H and O–H groups in total. The zero-order chi connectivity index (χ0) is 15.8. The van der Waals surface area contributed by atoms with Crippen molar-refractivity contribution in [2.24, 2.45) is 11.3 Å². The summed E-state index contributed by atoms with van der Waals surface area (Å²) in [7, 11) is -3.18. The normalized spacial score (nSPS) is 29.1. The van der Waals surface area contributed by atoms with Crippen LogP contribution in [0.25, 0.3) is 0 Å². The number of fused-ring (bicyclic) bond motifs is 1. The summed E-state index contributed by atoms with van der Waals surface area (Å²) in [6, 6.07) is 1.94. The van der Waals surface area contributed by atoms with Crippen LogP contribution in [-0.2, 0) is 21.3 Å². The number of rotatable bonds is 6. The standard InChI is InChI=1S/C14H23N3O4S/c1-3-22(18,19)15-8-14-9-17(5-12(14)7-20-10-14)6-13-4-11(2)21-16-13/h4,12,15H,3,5-10H2,1-2H3/t12-,14+/m1/s1. The molecule has 0 amide bonds. The number of likely N-dealkylation sites (tertiary alicyclic amines) is 1. The fraction of sp³-hybridized carbons (Fsp3) is 0.786. The summed E-state index contributed by atoms with van der Waals surface area (Å²) in [5.74, 6) is 1.28. The van der Waals surface area contributed by atoms with Crippen molar-refractivity contribution in [2.45, 2.75) is 20.4 Å². The number of aryl methyl sites for hydroxylation is 1. The van der Waals surface area contributed by atoms with E-state index in [9.17, 15) is 8.42 Å². The first-order valence-electron chi connectivity index (χ1n) is 7.62. The predicted octanol–water partition coefficient (Wildman–Crippen LogP) is 0.371. The molecule has 2 atom stereocenters. The van der Waals surface area contributed by atoms with Gasteiger partial charge in [0.2, 0.25) is 10.0 Å². The van der Waals surface area contributed by atoms with E-state index >= 15 is 0 Å². The van der Waals surface area contributed by atoms with Crippen molar-refractivity contribution < 1.29 is 17.7 Å². The summed E-state index contributed by atoms with van der Waals surface area (Å²) in [6.45, 7) is 7.73. The Hall–Kier alpha value is -0.960. The largest absolute Gasteiger partial charge is 0.380 e. The Morgan fingerprint density at radius 3 is 3.05 bits per heavy atom. The van der Waals surface area contributed by atoms with E-state index in [1.807, 2.05) is 13.0 Å². The van der Waals surface area contributed by atoms with E-state index in [0.717, 1.165) is 31.1 Å². The van der Waals surface area contributed by atoms with E-state index in [0.29, 0.717) is 25.7 Å². The van der Waals surface area contributed by atoms with Gasteiger partial charge in [0, 0.05) is 43.6 Å². The smallest absolute Gasteiger partial charge is 0.211 e. The highest BCUT2D eigenvalue weighted by Crippen LogP contribution is 2.41. The molecule has 1 aromatic rings. The molecule has 0 spiro atoms. The molecule has 2 saturated heterocycles. The minimum absolute atomic E-state index is 0.108. The molecule has 0 aliphatic carbocycles. The molecule has 2 aliphatic heterocycles. The number of aromatic nitrogens is 1. The molecular formula is C14H23N3O4S. The summed E-state index contributed by atoms with van der Waals surface area (Å²) in [5.41, 5.74) is 0.795. The SMILES string of the molecule is CCS(=O)(=O)NC[C@]12COC[C@H]1CN(Cc1cc(C)on1)C2. The molecule has 2 fully saturated rings. The Morgan fingerprint density at radius 1 is 1.55 bits per heavy atom. The van der Waals surface area contributed by atoms with Gasteiger partial charge >= 0.3 is 0 Å². The maximum atomic E-state index is 11.7. The molecular weight excluding hydrogens is 306 g/mol. The summed E-state index contributed by atoms with van der Waals surface area (Å²) in [6.07, 6.45) is 0. The van der Waals surface area contributed by atoms with Crippen molar-refractivity contribution in [1.82, 2.24) is 14.8 Å². The molecule has 7 nitrogen and oxygen atoms in total. The first-order chi connectivity index (χ1) is 10.4. The molecule has 3 heterocycles. The van der Waals surface area contributed by atoms with E-state index in [2.05, 4.69) is 14.8 Å². The van der Waals surface area contributed by atoms with Gasteiger partial charge in [-0.3, -0.25) is 4.90 Å². The highest BCUT2D eigenvalue weighted by Gasteiger charge is 2.50. The Bertz CT molecular complexity index is 630. The van der Waals surface area contributed by atoms with Gasteiger partial charge < -0.3 is 9.26 Å². The van der Waals surface area contributed by atoms with Crippen LogP contribution in [0.3, 0.4) is 0 Å². The lowest BCUT2D eigenvalue weighted by Crippen LogP contribution is -2.43. The third kappa shape index (κ3) is 3.19. The average Bonchev–Trinajstić information content (AvgIpc) is 3.12. The number of nitrogens with one attached hydrogen (secondary N) is 1. The molecule has 0 radical (unpaired) electrons. The second kappa shape index (κ2) is 5.92. The fourth-order valence-electron chi connectivity index (χ4n) is 3.39. The van der Waals surface area contributed by atoms with E-state index in [4.69, 9.17) is 9.26 Å². The molecule has 3 rings (SSSR count). The van der Waals surface area contributed by atoms with Gasteiger partial charge in [-0.2, -0.15) is 0 Å². The van der Waals surface area contributed by atoms with Crippen LogP contribution in [0.15, 0.2) is 10.6 Å². The molecule has 0 bridgehead atoms. The first kappa shape index (κ1) is 15.9. The van der Waals surface area contributed by atoms with E-state index in [-0.39, 0.29) is 11.2 Å². The van der Waals surface area contributed by atoms with Crippen LogP contribution in [0.2, 0.25) is 0 Å².